The highest BCUT2D eigenvalue weighted by molar-refractivity contribution is 7.91. The zero-order chi connectivity index (χ0) is 14.9. The molecule has 0 radical (unpaired) electrons. The fourth-order valence-electron chi connectivity index (χ4n) is 2.20. The van der Waals surface area contributed by atoms with Gasteiger partial charge in [-0.3, -0.25) is 4.79 Å². The maximum absolute atomic E-state index is 12.6. The van der Waals surface area contributed by atoms with Crippen LogP contribution in [0.1, 0.15) is 25.5 Å². The maximum Gasteiger partial charge on any atom is 0.324 e. The number of sulfonamides is 1. The Morgan fingerprint density at radius 3 is 2.85 bits per heavy atom. The van der Waals surface area contributed by atoms with Gasteiger partial charge in [-0.15, -0.1) is 0 Å². The van der Waals surface area contributed by atoms with E-state index in [2.05, 4.69) is 4.98 Å². The standard InChI is InChI=1S/C11H15ClN2O4S2/c1-3-18-9(15)8-5-4-6-14(8)20(16,17)10-7(2)13-11(12)19-10/h8H,3-6H2,1-2H3. The molecule has 112 valence electrons. The number of halogens is 1. The predicted octanol–water partition coefficient (Wildman–Crippen LogP) is 1.82. The third kappa shape index (κ3) is 2.83. The minimum Gasteiger partial charge on any atom is -0.465 e. The molecule has 1 aromatic heterocycles. The van der Waals surface area contributed by atoms with Gasteiger partial charge in [0.2, 0.25) is 0 Å². The normalized spacial score (nSPS) is 20.2. The largest absolute Gasteiger partial charge is 0.465 e. The lowest BCUT2D eigenvalue weighted by Gasteiger charge is -2.21. The van der Waals surface area contributed by atoms with Crippen LogP contribution in [0.4, 0.5) is 0 Å². The van der Waals surface area contributed by atoms with Crippen molar-refractivity contribution >= 4 is 38.9 Å². The van der Waals surface area contributed by atoms with Crippen LogP contribution < -0.4 is 0 Å². The van der Waals surface area contributed by atoms with E-state index in [0.29, 0.717) is 25.1 Å². The fourth-order valence-corrected chi connectivity index (χ4v) is 5.70. The predicted molar refractivity (Wildman–Crippen MR) is 75.4 cm³/mol. The zero-order valence-corrected chi connectivity index (χ0v) is 13.5. The van der Waals surface area contributed by atoms with E-state index in [9.17, 15) is 13.2 Å². The van der Waals surface area contributed by atoms with Crippen LogP contribution in [-0.4, -0.2) is 42.9 Å². The summed E-state index contributed by atoms with van der Waals surface area (Å²) < 4.78 is 31.6. The van der Waals surface area contributed by atoms with E-state index in [4.69, 9.17) is 16.3 Å². The van der Waals surface area contributed by atoms with Crippen molar-refractivity contribution in [3.63, 3.8) is 0 Å². The average Bonchev–Trinajstić information content (AvgIpc) is 2.96. The smallest absolute Gasteiger partial charge is 0.324 e. The second-order valence-electron chi connectivity index (χ2n) is 4.37. The van der Waals surface area contributed by atoms with E-state index in [1.165, 1.54) is 4.31 Å². The molecular weight excluding hydrogens is 324 g/mol. The number of carbonyl (C=O) groups is 1. The summed E-state index contributed by atoms with van der Waals surface area (Å²) in [5.41, 5.74) is 0.356. The van der Waals surface area contributed by atoms with Crippen molar-refractivity contribution in [2.75, 3.05) is 13.2 Å². The topological polar surface area (TPSA) is 76.6 Å². The highest BCUT2D eigenvalue weighted by Crippen LogP contribution is 2.33. The SMILES string of the molecule is CCOC(=O)C1CCCN1S(=O)(=O)c1sc(Cl)nc1C. The van der Waals surface area contributed by atoms with E-state index in [0.717, 1.165) is 11.3 Å². The minimum atomic E-state index is -3.76. The lowest BCUT2D eigenvalue weighted by Crippen LogP contribution is -2.41. The average molecular weight is 339 g/mol. The Morgan fingerprint density at radius 2 is 2.30 bits per heavy atom. The zero-order valence-electron chi connectivity index (χ0n) is 11.1. The first-order valence-corrected chi connectivity index (χ1v) is 8.82. The Morgan fingerprint density at radius 1 is 1.60 bits per heavy atom. The number of hydrogen-bond donors (Lipinski definition) is 0. The summed E-state index contributed by atoms with van der Waals surface area (Å²) in [5, 5.41) is 0. The fraction of sp³-hybridized carbons (Fsp3) is 0.636. The molecule has 2 heterocycles. The van der Waals surface area contributed by atoms with Gasteiger partial charge < -0.3 is 4.74 Å². The van der Waals surface area contributed by atoms with Crippen LogP contribution in [0.3, 0.4) is 0 Å². The van der Waals surface area contributed by atoms with Crippen molar-refractivity contribution in [1.82, 2.24) is 9.29 Å². The highest BCUT2D eigenvalue weighted by atomic mass is 35.5. The van der Waals surface area contributed by atoms with Gasteiger partial charge in [0, 0.05) is 6.54 Å². The number of esters is 1. The molecule has 0 aliphatic carbocycles. The number of nitrogens with zero attached hydrogens (tertiary/aromatic N) is 2. The molecule has 2 rings (SSSR count). The highest BCUT2D eigenvalue weighted by Gasteiger charge is 2.41. The van der Waals surface area contributed by atoms with Gasteiger partial charge in [0.05, 0.1) is 12.3 Å². The van der Waals surface area contributed by atoms with Gasteiger partial charge in [-0.05, 0) is 26.7 Å². The molecule has 20 heavy (non-hydrogen) atoms. The van der Waals surface area contributed by atoms with Crippen molar-refractivity contribution in [2.24, 2.45) is 0 Å². The second-order valence-corrected chi connectivity index (χ2v) is 8.03. The molecule has 1 aromatic rings. The Kier molecular flexibility index (Phi) is 4.68. The monoisotopic (exact) mass is 338 g/mol. The Bertz CT molecular complexity index is 614. The third-order valence-corrected chi connectivity index (χ3v) is 6.79. The van der Waals surface area contributed by atoms with Crippen molar-refractivity contribution in [3.05, 3.63) is 10.2 Å². The molecular formula is C11H15ClN2O4S2. The van der Waals surface area contributed by atoms with Gasteiger partial charge in [-0.2, -0.15) is 4.31 Å². The number of aromatic nitrogens is 1. The van der Waals surface area contributed by atoms with E-state index < -0.39 is 22.0 Å². The van der Waals surface area contributed by atoms with E-state index in [1.54, 1.807) is 13.8 Å². The van der Waals surface area contributed by atoms with Gasteiger partial charge >= 0.3 is 5.97 Å². The van der Waals surface area contributed by atoms with E-state index in [1.807, 2.05) is 0 Å². The molecule has 0 spiro atoms. The molecule has 6 nitrogen and oxygen atoms in total. The van der Waals surface area contributed by atoms with Gasteiger partial charge in [0.1, 0.15) is 6.04 Å². The summed E-state index contributed by atoms with van der Waals surface area (Å²) in [6.07, 6.45) is 1.11. The number of rotatable bonds is 4. The maximum atomic E-state index is 12.6. The molecule has 0 aromatic carbocycles. The van der Waals surface area contributed by atoms with E-state index >= 15 is 0 Å². The summed E-state index contributed by atoms with van der Waals surface area (Å²) in [6, 6.07) is -0.750. The molecule has 1 unspecified atom stereocenters. The Balaban J connectivity index is 2.33. The first-order chi connectivity index (χ1) is 9.37. The molecule has 0 amide bonds. The van der Waals surface area contributed by atoms with E-state index in [-0.39, 0.29) is 15.3 Å². The quantitative estimate of drug-likeness (QED) is 0.783. The summed E-state index contributed by atoms with van der Waals surface area (Å²) >= 11 is 6.67. The Labute approximate surface area is 126 Å². The lowest BCUT2D eigenvalue weighted by molar-refractivity contribution is -0.146. The molecule has 0 N–H and O–H groups in total. The van der Waals surface area contributed by atoms with Crippen molar-refractivity contribution in [3.8, 4) is 0 Å². The van der Waals surface area contributed by atoms with Crippen LogP contribution in [-0.2, 0) is 19.6 Å². The molecule has 1 atom stereocenters. The van der Waals surface area contributed by atoms with Crippen LogP contribution in [0.5, 0.6) is 0 Å². The van der Waals surface area contributed by atoms with Crippen LogP contribution in [0.2, 0.25) is 4.47 Å². The molecule has 1 fully saturated rings. The molecule has 1 saturated heterocycles. The van der Waals surface area contributed by atoms with Crippen molar-refractivity contribution < 1.29 is 17.9 Å². The van der Waals surface area contributed by atoms with Gasteiger partial charge in [0.15, 0.2) is 8.68 Å². The number of thiazole rings is 1. The lowest BCUT2D eigenvalue weighted by atomic mass is 10.2. The number of hydrogen-bond acceptors (Lipinski definition) is 6. The molecule has 9 heteroatoms. The van der Waals surface area contributed by atoms with Crippen molar-refractivity contribution in [2.45, 2.75) is 36.9 Å². The van der Waals surface area contributed by atoms with Crippen LogP contribution >= 0.6 is 22.9 Å². The summed E-state index contributed by atoms with van der Waals surface area (Å²) in [6.45, 7) is 3.82. The van der Waals surface area contributed by atoms with Crippen LogP contribution in [0.15, 0.2) is 4.21 Å². The molecule has 0 saturated carbocycles. The minimum absolute atomic E-state index is 0.0960. The van der Waals surface area contributed by atoms with Gasteiger partial charge in [-0.25, -0.2) is 13.4 Å². The summed E-state index contributed by atoms with van der Waals surface area (Å²) in [4.78, 5) is 15.8. The van der Waals surface area contributed by atoms with Crippen molar-refractivity contribution in [1.29, 1.82) is 0 Å². The first-order valence-electron chi connectivity index (χ1n) is 6.19. The second kappa shape index (κ2) is 5.97. The number of carbonyl (C=O) groups excluding carboxylic acids is 1. The molecule has 1 aliphatic rings. The number of ether oxygens (including phenoxy) is 1. The number of aryl methyl sites for hydroxylation is 1. The molecule has 1 aliphatic heterocycles. The summed E-state index contributed by atoms with van der Waals surface area (Å²) in [5.74, 6) is -0.498. The third-order valence-electron chi connectivity index (χ3n) is 3.03. The first kappa shape index (κ1) is 15.7. The van der Waals surface area contributed by atoms with Crippen LogP contribution in [0.25, 0.3) is 0 Å². The Hall–Kier alpha value is -0.700. The van der Waals surface area contributed by atoms with Crippen LogP contribution in [0, 0.1) is 6.92 Å². The summed E-state index contributed by atoms with van der Waals surface area (Å²) in [7, 11) is -3.76. The van der Waals surface area contributed by atoms with Gasteiger partial charge in [-0.1, -0.05) is 22.9 Å². The van der Waals surface area contributed by atoms with Gasteiger partial charge in [0.25, 0.3) is 10.0 Å². The molecule has 0 bridgehead atoms.